The fourth-order valence-electron chi connectivity index (χ4n) is 4.55. The molecule has 0 radical (unpaired) electrons. The zero-order chi connectivity index (χ0) is 19.3. The number of nitrogens with zero attached hydrogens (tertiary/aromatic N) is 5. The molecule has 0 unspecified atom stereocenters. The van der Waals surface area contributed by atoms with Gasteiger partial charge in [-0.25, -0.2) is 4.68 Å². The van der Waals surface area contributed by atoms with E-state index < -0.39 is 0 Å². The van der Waals surface area contributed by atoms with E-state index in [9.17, 15) is 9.59 Å². The van der Waals surface area contributed by atoms with Crippen LogP contribution in [0.15, 0.2) is 30.6 Å². The average Bonchev–Trinajstić information content (AvgIpc) is 3.45. The van der Waals surface area contributed by atoms with Crippen LogP contribution in [-0.4, -0.2) is 51.1 Å². The second-order valence-corrected chi connectivity index (χ2v) is 8.43. The lowest BCUT2D eigenvalue weighted by Gasteiger charge is -2.46. The largest absolute Gasteiger partial charge is 0.338 e. The Labute approximate surface area is 164 Å². The third kappa shape index (κ3) is 2.89. The van der Waals surface area contributed by atoms with Gasteiger partial charge in [-0.2, -0.15) is 5.10 Å². The Morgan fingerprint density at radius 2 is 1.93 bits per heavy atom. The number of carbonyl (C=O) groups excluding carboxylic acids is 2. The van der Waals surface area contributed by atoms with Crippen molar-refractivity contribution >= 4 is 17.6 Å². The summed E-state index contributed by atoms with van der Waals surface area (Å²) in [5, 5.41) is 4.78. The molecule has 1 saturated carbocycles. The number of fused-ring (bicyclic) bond motifs is 2. The molecule has 0 bridgehead atoms. The summed E-state index contributed by atoms with van der Waals surface area (Å²) in [4.78, 5) is 33.6. The number of amides is 2. The number of aryl methyl sites for hydroxylation is 1. The van der Waals surface area contributed by atoms with E-state index in [1.807, 2.05) is 22.8 Å². The minimum Gasteiger partial charge on any atom is -0.338 e. The Hall–Kier alpha value is -2.70. The highest BCUT2D eigenvalue weighted by Gasteiger charge is 2.47. The zero-order valence-corrected chi connectivity index (χ0v) is 16.2. The maximum Gasteiger partial charge on any atom is 0.253 e. The third-order valence-electron chi connectivity index (χ3n) is 6.37. The molecular weight excluding hydrogens is 354 g/mol. The van der Waals surface area contributed by atoms with Crippen LogP contribution in [0.5, 0.6) is 0 Å². The Bertz CT molecular complexity index is 910. The van der Waals surface area contributed by atoms with E-state index in [0.29, 0.717) is 31.0 Å². The van der Waals surface area contributed by atoms with Gasteiger partial charge in [-0.15, -0.1) is 0 Å². The summed E-state index contributed by atoms with van der Waals surface area (Å²) in [6, 6.07) is 5.54. The van der Waals surface area contributed by atoms with Gasteiger partial charge in [0.2, 0.25) is 5.91 Å². The Morgan fingerprint density at radius 3 is 2.61 bits per heavy atom. The minimum absolute atomic E-state index is 0.0339. The van der Waals surface area contributed by atoms with E-state index in [4.69, 9.17) is 5.10 Å². The van der Waals surface area contributed by atoms with E-state index in [1.165, 1.54) is 12.8 Å². The topological polar surface area (TPSA) is 71.3 Å². The van der Waals surface area contributed by atoms with Gasteiger partial charge in [-0.1, -0.05) is 0 Å². The van der Waals surface area contributed by atoms with Crippen LogP contribution in [0.2, 0.25) is 0 Å². The number of rotatable bonds is 3. The summed E-state index contributed by atoms with van der Waals surface area (Å²) in [5.41, 5.74) is 1.30. The number of carbonyl (C=O) groups is 2. The highest BCUT2D eigenvalue weighted by molar-refractivity contribution is 5.95. The molecule has 2 aromatic heterocycles. The molecular formula is C21H25N5O2. The second-order valence-electron chi connectivity index (χ2n) is 8.43. The smallest absolute Gasteiger partial charge is 0.253 e. The van der Waals surface area contributed by atoms with Gasteiger partial charge in [0.05, 0.1) is 17.7 Å². The first kappa shape index (κ1) is 17.4. The zero-order valence-electron chi connectivity index (χ0n) is 16.2. The fraction of sp³-hybridized carbons (Fsp3) is 0.524. The lowest BCUT2D eigenvalue weighted by atomic mass is 9.82. The first-order valence-corrected chi connectivity index (χ1v) is 10.1. The maximum atomic E-state index is 13.0. The number of aromatic nitrogens is 3. The van der Waals surface area contributed by atoms with Crippen LogP contribution < -0.4 is 4.90 Å². The predicted octanol–water partition coefficient (Wildman–Crippen LogP) is 2.36. The van der Waals surface area contributed by atoms with E-state index in [1.54, 1.807) is 24.5 Å². The van der Waals surface area contributed by atoms with E-state index in [-0.39, 0.29) is 17.4 Å². The summed E-state index contributed by atoms with van der Waals surface area (Å²) in [7, 11) is 0. The van der Waals surface area contributed by atoms with Gasteiger partial charge in [0, 0.05) is 43.7 Å². The molecule has 28 heavy (non-hydrogen) atoms. The summed E-state index contributed by atoms with van der Waals surface area (Å²) in [6.07, 6.45) is 7.70. The summed E-state index contributed by atoms with van der Waals surface area (Å²) >= 11 is 0. The Kier molecular flexibility index (Phi) is 4.00. The highest BCUT2D eigenvalue weighted by Crippen LogP contribution is 2.43. The van der Waals surface area contributed by atoms with Crippen LogP contribution in [0.4, 0.5) is 5.82 Å². The van der Waals surface area contributed by atoms with Gasteiger partial charge >= 0.3 is 0 Å². The van der Waals surface area contributed by atoms with Crippen LogP contribution in [-0.2, 0) is 10.3 Å². The molecule has 2 aliphatic heterocycles. The molecule has 146 valence electrons. The van der Waals surface area contributed by atoms with E-state index in [0.717, 1.165) is 30.9 Å². The maximum absolute atomic E-state index is 13.0. The molecule has 1 aliphatic carbocycles. The minimum atomic E-state index is -0.310. The van der Waals surface area contributed by atoms with Crippen molar-refractivity contribution in [1.82, 2.24) is 19.7 Å². The van der Waals surface area contributed by atoms with Gasteiger partial charge in [0.1, 0.15) is 5.82 Å². The molecule has 0 N–H and O–H groups in total. The van der Waals surface area contributed by atoms with Crippen molar-refractivity contribution in [3.05, 3.63) is 41.9 Å². The molecule has 1 saturated heterocycles. The number of hydrogen-bond donors (Lipinski definition) is 0. The number of pyridine rings is 1. The van der Waals surface area contributed by atoms with Crippen molar-refractivity contribution in [1.29, 1.82) is 0 Å². The lowest BCUT2D eigenvalue weighted by Crippen LogP contribution is -2.55. The Morgan fingerprint density at radius 1 is 1.21 bits per heavy atom. The molecule has 2 amide bonds. The molecule has 5 rings (SSSR count). The average molecular weight is 379 g/mol. The third-order valence-corrected chi connectivity index (χ3v) is 6.37. The summed E-state index contributed by atoms with van der Waals surface area (Å²) in [5.74, 6) is 1.82. The van der Waals surface area contributed by atoms with Crippen molar-refractivity contribution in [3.8, 4) is 0 Å². The van der Waals surface area contributed by atoms with Crippen molar-refractivity contribution in [2.45, 2.75) is 44.6 Å². The first-order valence-electron chi connectivity index (χ1n) is 10.1. The van der Waals surface area contributed by atoms with E-state index in [2.05, 4.69) is 9.67 Å². The van der Waals surface area contributed by atoms with Crippen LogP contribution in [0, 0.1) is 12.8 Å². The second kappa shape index (κ2) is 6.43. The van der Waals surface area contributed by atoms with Crippen LogP contribution in [0.1, 0.15) is 48.2 Å². The number of hydrogen-bond acceptors (Lipinski definition) is 4. The quantitative estimate of drug-likeness (QED) is 0.821. The highest BCUT2D eigenvalue weighted by atomic mass is 16.2. The molecule has 3 aliphatic rings. The Balaban J connectivity index is 1.38. The van der Waals surface area contributed by atoms with Crippen molar-refractivity contribution in [3.63, 3.8) is 0 Å². The van der Waals surface area contributed by atoms with Gasteiger partial charge in [-0.3, -0.25) is 19.5 Å². The number of likely N-dealkylation sites (tertiary alicyclic amines) is 1. The van der Waals surface area contributed by atoms with Crippen molar-refractivity contribution in [2.75, 3.05) is 24.5 Å². The summed E-state index contributed by atoms with van der Waals surface area (Å²) in [6.45, 7) is 4.07. The lowest BCUT2D eigenvalue weighted by molar-refractivity contribution is -0.122. The van der Waals surface area contributed by atoms with Crippen LogP contribution >= 0.6 is 0 Å². The normalized spacial score (nSPS) is 21.1. The fourth-order valence-corrected chi connectivity index (χ4v) is 4.55. The monoisotopic (exact) mass is 379 g/mol. The summed E-state index contributed by atoms with van der Waals surface area (Å²) < 4.78 is 2.10. The van der Waals surface area contributed by atoms with Crippen molar-refractivity contribution < 1.29 is 9.59 Å². The standard InChI is InChI=1S/C21H25N5O2/c1-15-12-18-25(14-16-2-3-16)19(27)13-21(26(18)23-15)6-10-24(11-7-21)20(28)17-4-8-22-9-5-17/h4-5,8-9,12,16H,2-3,6-7,10-11,13-14H2,1H3. The number of piperidine rings is 1. The van der Waals surface area contributed by atoms with Gasteiger partial charge in [-0.05, 0) is 50.7 Å². The van der Waals surface area contributed by atoms with Crippen LogP contribution in [0.3, 0.4) is 0 Å². The molecule has 4 heterocycles. The van der Waals surface area contributed by atoms with Gasteiger partial charge in [0.25, 0.3) is 5.91 Å². The SMILES string of the molecule is Cc1cc2n(n1)C1(CCN(C(=O)c3ccncc3)CC1)CC(=O)N2CC1CC1. The molecule has 0 atom stereocenters. The molecule has 7 heteroatoms. The number of anilines is 1. The molecule has 2 fully saturated rings. The van der Waals surface area contributed by atoms with Crippen LogP contribution in [0.25, 0.3) is 0 Å². The van der Waals surface area contributed by atoms with Gasteiger partial charge in [0.15, 0.2) is 0 Å². The van der Waals surface area contributed by atoms with Crippen molar-refractivity contribution in [2.24, 2.45) is 5.92 Å². The molecule has 2 aromatic rings. The van der Waals surface area contributed by atoms with E-state index >= 15 is 0 Å². The van der Waals surface area contributed by atoms with Gasteiger partial charge < -0.3 is 4.90 Å². The first-order chi connectivity index (χ1) is 13.6. The molecule has 1 spiro atoms. The predicted molar refractivity (Wildman–Crippen MR) is 104 cm³/mol. The molecule has 7 nitrogen and oxygen atoms in total. The molecule has 0 aromatic carbocycles.